The summed E-state index contributed by atoms with van der Waals surface area (Å²) in [4.78, 5) is 12.5. The van der Waals surface area contributed by atoms with E-state index in [9.17, 15) is 54.5 Å². The van der Waals surface area contributed by atoms with Crippen LogP contribution >= 0.6 is 0 Å². The number of hydrogen-bond acceptors (Lipinski definition) is 3. The van der Waals surface area contributed by atoms with Crippen LogP contribution in [0.3, 0.4) is 0 Å². The Balaban J connectivity index is 2.11. The normalized spacial score (nSPS) is 13.3. The Bertz CT molecular complexity index is 1430. The van der Waals surface area contributed by atoms with Gasteiger partial charge in [-0.3, -0.25) is 0 Å². The van der Waals surface area contributed by atoms with E-state index in [0.29, 0.717) is 16.5 Å². The first-order valence-electron chi connectivity index (χ1n) is 12.6. The second-order valence-electron chi connectivity index (χ2n) is 10.0. The zero-order chi connectivity index (χ0) is 32.5. The quantitative estimate of drug-likeness (QED) is 0.246. The van der Waals surface area contributed by atoms with Crippen LogP contribution in [-0.2, 0) is 25.1 Å². The van der Waals surface area contributed by atoms with E-state index in [1.165, 1.54) is 7.11 Å². The molecule has 14 heteroatoms. The summed E-state index contributed by atoms with van der Waals surface area (Å²) in [5, 5.41) is 20.4. The number of carbonyl (C=O) groups is 1. The lowest BCUT2D eigenvalue weighted by atomic mass is 9.92. The van der Waals surface area contributed by atoms with Crippen LogP contribution in [0.15, 0.2) is 54.6 Å². The number of benzene rings is 3. The third-order valence-electron chi connectivity index (χ3n) is 6.63. The van der Waals surface area contributed by atoms with E-state index in [4.69, 9.17) is 4.74 Å². The van der Waals surface area contributed by atoms with Gasteiger partial charge in [0.2, 0.25) is 0 Å². The first-order valence-corrected chi connectivity index (χ1v) is 12.6. The number of aliphatic hydroxyl groups excluding tert-OH is 1. The molecule has 3 aromatic carbocycles. The minimum Gasteiger partial charge on any atom is -0.496 e. The van der Waals surface area contributed by atoms with Crippen molar-refractivity contribution in [2.45, 2.75) is 50.9 Å². The number of amides is 1. The molecule has 3 rings (SSSR count). The third kappa shape index (κ3) is 8.12. The van der Waals surface area contributed by atoms with Crippen LogP contribution < -0.4 is 4.74 Å². The van der Waals surface area contributed by atoms with Gasteiger partial charge in [0, 0.05) is 12.1 Å². The van der Waals surface area contributed by atoms with Gasteiger partial charge in [0.25, 0.3) is 0 Å². The van der Waals surface area contributed by atoms with E-state index in [2.05, 4.69) is 0 Å². The molecule has 0 saturated carbocycles. The molecule has 0 saturated heterocycles. The molecule has 43 heavy (non-hydrogen) atoms. The molecule has 0 fully saturated rings. The number of methoxy groups -OCH3 is 1. The third-order valence-corrected chi connectivity index (χ3v) is 6.63. The molecule has 0 aliphatic rings. The highest BCUT2D eigenvalue weighted by atomic mass is 19.4. The molecule has 5 nitrogen and oxygen atoms in total. The standard InChI is InChI=1S/C29H26F9NO4/c1-15(2)16-4-7-25(43-3)23(11-16)22-6-5-19(27(30,31)32)10-18(22)13-39(26(41)42)14-24(40)17-8-20(28(33,34)35)12-21(9-17)29(36,37)38/h4-12,15,24,40H,13-14H2,1-3H3,(H,41,42). The van der Waals surface area contributed by atoms with Gasteiger partial charge in [0.05, 0.1) is 36.4 Å². The number of rotatable bonds is 8. The number of aliphatic hydroxyl groups is 1. The number of ether oxygens (including phenoxy) is 1. The maximum atomic E-state index is 13.6. The Labute approximate surface area is 240 Å². The Morgan fingerprint density at radius 3 is 1.79 bits per heavy atom. The van der Waals surface area contributed by atoms with Gasteiger partial charge in [-0.15, -0.1) is 0 Å². The summed E-state index contributed by atoms with van der Waals surface area (Å²) in [6.45, 7) is 1.86. The SMILES string of the molecule is COc1ccc(C(C)C)cc1-c1ccc(C(F)(F)F)cc1CN(CC(O)c1cc(C(F)(F)F)cc(C(F)(F)F)c1)C(=O)O. The molecule has 1 unspecified atom stereocenters. The molecule has 3 aromatic rings. The minimum absolute atomic E-state index is 0.0118. The second-order valence-corrected chi connectivity index (χ2v) is 10.0. The molecular weight excluding hydrogens is 597 g/mol. The summed E-state index contributed by atoms with van der Waals surface area (Å²) in [6, 6.07) is 7.88. The van der Waals surface area contributed by atoms with Crippen molar-refractivity contribution < 1.29 is 59.3 Å². The van der Waals surface area contributed by atoms with Crippen molar-refractivity contribution in [3.63, 3.8) is 0 Å². The molecule has 0 aliphatic heterocycles. The average molecular weight is 624 g/mol. The van der Waals surface area contributed by atoms with Crippen LogP contribution in [0.25, 0.3) is 11.1 Å². The molecule has 234 valence electrons. The molecular formula is C29H26F9NO4. The zero-order valence-electron chi connectivity index (χ0n) is 22.8. The molecule has 0 radical (unpaired) electrons. The Hall–Kier alpha value is -3.94. The highest BCUT2D eigenvalue weighted by molar-refractivity contribution is 5.75. The van der Waals surface area contributed by atoms with Gasteiger partial charge in [-0.1, -0.05) is 26.0 Å². The predicted octanol–water partition coefficient (Wildman–Crippen LogP) is 8.76. The maximum absolute atomic E-state index is 13.6. The monoisotopic (exact) mass is 623 g/mol. The van der Waals surface area contributed by atoms with Crippen LogP contribution in [0.2, 0.25) is 0 Å². The summed E-state index contributed by atoms with van der Waals surface area (Å²) in [5.41, 5.74) is -4.46. The van der Waals surface area contributed by atoms with Crippen molar-refractivity contribution in [1.29, 1.82) is 0 Å². The Morgan fingerprint density at radius 2 is 1.33 bits per heavy atom. The fraction of sp³-hybridized carbons (Fsp3) is 0.345. The van der Waals surface area contributed by atoms with Crippen molar-refractivity contribution in [1.82, 2.24) is 4.90 Å². The number of carboxylic acid groups (broad SMARTS) is 1. The maximum Gasteiger partial charge on any atom is 0.416 e. The predicted molar refractivity (Wildman–Crippen MR) is 137 cm³/mol. The van der Waals surface area contributed by atoms with Gasteiger partial charge in [-0.2, -0.15) is 39.5 Å². The lowest BCUT2D eigenvalue weighted by Gasteiger charge is -2.26. The van der Waals surface area contributed by atoms with Crippen LogP contribution in [0.1, 0.15) is 59.3 Å². The summed E-state index contributed by atoms with van der Waals surface area (Å²) in [6.07, 6.45) is -19.3. The fourth-order valence-electron chi connectivity index (χ4n) is 4.36. The van der Waals surface area contributed by atoms with Crippen molar-refractivity contribution in [3.05, 3.63) is 88.0 Å². The van der Waals surface area contributed by atoms with Gasteiger partial charge in [0.1, 0.15) is 5.75 Å². The van der Waals surface area contributed by atoms with E-state index in [1.807, 2.05) is 13.8 Å². The molecule has 1 amide bonds. The topological polar surface area (TPSA) is 70.0 Å². The molecule has 0 bridgehead atoms. The first-order chi connectivity index (χ1) is 19.7. The average Bonchev–Trinajstić information content (AvgIpc) is 2.90. The number of nitrogens with zero attached hydrogens (tertiary/aromatic N) is 1. The molecule has 2 N–H and O–H groups in total. The summed E-state index contributed by atoms with van der Waals surface area (Å²) >= 11 is 0. The number of alkyl halides is 9. The lowest BCUT2D eigenvalue weighted by Crippen LogP contribution is -2.33. The molecule has 0 spiro atoms. The van der Waals surface area contributed by atoms with Gasteiger partial charge in [-0.05, 0) is 70.6 Å². The van der Waals surface area contributed by atoms with E-state index in [1.54, 1.807) is 18.2 Å². The number of hydrogen-bond donors (Lipinski definition) is 2. The number of halogens is 9. The van der Waals surface area contributed by atoms with Crippen molar-refractivity contribution in [2.75, 3.05) is 13.7 Å². The Morgan fingerprint density at radius 1 is 0.767 bits per heavy atom. The highest BCUT2D eigenvalue weighted by Crippen LogP contribution is 2.40. The molecule has 0 heterocycles. The van der Waals surface area contributed by atoms with E-state index < -0.39 is 66.1 Å². The lowest BCUT2D eigenvalue weighted by molar-refractivity contribution is -0.143. The van der Waals surface area contributed by atoms with Crippen molar-refractivity contribution in [3.8, 4) is 16.9 Å². The van der Waals surface area contributed by atoms with Crippen LogP contribution in [-0.4, -0.2) is 34.9 Å². The summed E-state index contributed by atoms with van der Waals surface area (Å²) in [5.74, 6) is 0.234. The Kier molecular flexibility index (Phi) is 9.64. The fourth-order valence-corrected chi connectivity index (χ4v) is 4.36. The molecule has 1 atom stereocenters. The van der Waals surface area contributed by atoms with Crippen molar-refractivity contribution in [2.24, 2.45) is 0 Å². The first kappa shape index (κ1) is 33.6. The second kappa shape index (κ2) is 12.3. The summed E-state index contributed by atoms with van der Waals surface area (Å²) < 4.78 is 126. The van der Waals surface area contributed by atoms with Gasteiger partial charge in [0.15, 0.2) is 0 Å². The van der Waals surface area contributed by atoms with Gasteiger partial charge < -0.3 is 19.8 Å². The minimum atomic E-state index is -5.22. The van der Waals surface area contributed by atoms with Gasteiger partial charge >= 0.3 is 24.6 Å². The molecule has 0 aromatic heterocycles. The van der Waals surface area contributed by atoms with E-state index in [-0.39, 0.29) is 41.0 Å². The largest absolute Gasteiger partial charge is 0.496 e. The highest BCUT2D eigenvalue weighted by Gasteiger charge is 2.38. The summed E-state index contributed by atoms with van der Waals surface area (Å²) in [7, 11) is 1.32. The zero-order valence-corrected chi connectivity index (χ0v) is 22.8. The van der Waals surface area contributed by atoms with Crippen molar-refractivity contribution >= 4 is 6.09 Å². The van der Waals surface area contributed by atoms with Crippen LogP contribution in [0.5, 0.6) is 5.75 Å². The van der Waals surface area contributed by atoms with Crippen LogP contribution in [0, 0.1) is 0 Å². The van der Waals surface area contributed by atoms with Gasteiger partial charge in [-0.25, -0.2) is 4.79 Å². The molecule has 0 aliphatic carbocycles. The smallest absolute Gasteiger partial charge is 0.416 e. The van der Waals surface area contributed by atoms with E-state index in [0.717, 1.165) is 17.7 Å². The van der Waals surface area contributed by atoms with Crippen LogP contribution in [0.4, 0.5) is 44.3 Å². The van der Waals surface area contributed by atoms with E-state index >= 15 is 0 Å².